The summed E-state index contributed by atoms with van der Waals surface area (Å²) in [6, 6.07) is 18.1. The Morgan fingerprint density at radius 3 is 2.48 bits per heavy atom. The second kappa shape index (κ2) is 5.44. The Balaban J connectivity index is 1.99. The normalized spacial score (nSPS) is 13.0. The zero-order chi connectivity index (χ0) is 14.8. The van der Waals surface area contributed by atoms with Gasteiger partial charge in [-0.1, -0.05) is 48.5 Å². The van der Waals surface area contributed by atoms with Crippen molar-refractivity contribution in [2.75, 3.05) is 0 Å². The van der Waals surface area contributed by atoms with Gasteiger partial charge in [-0.2, -0.15) is 0 Å². The molecule has 1 heterocycles. The highest BCUT2D eigenvalue weighted by atomic mass is 16.3. The average molecular weight is 278 g/mol. The van der Waals surface area contributed by atoms with E-state index in [9.17, 15) is 5.11 Å². The molecule has 0 fully saturated rings. The number of aliphatic imine (C=N–C) groups is 1. The Labute approximate surface area is 124 Å². The largest absolute Gasteiger partial charge is 0.494 e. The summed E-state index contributed by atoms with van der Waals surface area (Å²) in [6.45, 7) is 2.05. The van der Waals surface area contributed by atoms with Crippen LogP contribution in [0.25, 0.3) is 10.9 Å². The molecule has 0 saturated heterocycles. The molecule has 0 aliphatic rings. The van der Waals surface area contributed by atoms with Crippen LogP contribution < -0.4 is 0 Å². The molecule has 3 rings (SSSR count). The van der Waals surface area contributed by atoms with Crippen LogP contribution in [0.5, 0.6) is 5.88 Å². The summed E-state index contributed by atoms with van der Waals surface area (Å²) >= 11 is 0. The Bertz CT molecular complexity index is 788. The lowest BCUT2D eigenvalue weighted by Gasteiger charge is -2.05. The molecule has 1 unspecified atom stereocenters. The topological polar surface area (TPSA) is 37.5 Å². The molecule has 106 valence electrons. The Morgan fingerprint density at radius 2 is 1.71 bits per heavy atom. The molecule has 0 bridgehead atoms. The van der Waals surface area contributed by atoms with Gasteiger partial charge in [0.05, 0.1) is 17.1 Å². The first-order chi connectivity index (χ1) is 10.2. The number of para-hydroxylation sites is 1. The van der Waals surface area contributed by atoms with Crippen molar-refractivity contribution in [3.8, 4) is 5.88 Å². The second-order valence-corrected chi connectivity index (χ2v) is 5.18. The van der Waals surface area contributed by atoms with Gasteiger partial charge in [0.1, 0.15) is 0 Å². The number of hydrogen-bond acceptors (Lipinski definition) is 2. The van der Waals surface area contributed by atoms with Gasteiger partial charge in [0.25, 0.3) is 0 Å². The van der Waals surface area contributed by atoms with E-state index in [1.165, 1.54) is 0 Å². The summed E-state index contributed by atoms with van der Waals surface area (Å²) in [5.41, 5.74) is 2.94. The minimum Gasteiger partial charge on any atom is -0.494 e. The van der Waals surface area contributed by atoms with Crippen molar-refractivity contribution in [2.24, 2.45) is 12.0 Å². The molecule has 1 atom stereocenters. The summed E-state index contributed by atoms with van der Waals surface area (Å²) < 4.78 is 1.78. The zero-order valence-corrected chi connectivity index (χ0v) is 12.2. The van der Waals surface area contributed by atoms with Crippen LogP contribution in [0.2, 0.25) is 0 Å². The molecule has 0 radical (unpaired) electrons. The molecule has 0 spiro atoms. The fraction of sp³-hybridized carbons (Fsp3) is 0.167. The lowest BCUT2D eigenvalue weighted by molar-refractivity contribution is 0.434. The molecule has 0 aliphatic carbocycles. The highest BCUT2D eigenvalue weighted by Crippen LogP contribution is 2.29. The number of hydrogen-bond donors (Lipinski definition) is 1. The SMILES string of the molecule is CC(N=Cc1c(O)n(C)c2ccccc12)c1ccccc1. The standard InChI is InChI=1S/C18H18N2O/c1-13(14-8-4-3-5-9-14)19-12-16-15-10-6-7-11-17(15)20(2)18(16)21/h3-13,21H,1-2H3. The molecule has 21 heavy (non-hydrogen) atoms. The van der Waals surface area contributed by atoms with Gasteiger partial charge in [0.15, 0.2) is 0 Å². The number of fused-ring (bicyclic) bond motifs is 1. The van der Waals surface area contributed by atoms with Crippen LogP contribution in [-0.2, 0) is 7.05 Å². The fourth-order valence-electron chi connectivity index (χ4n) is 2.54. The van der Waals surface area contributed by atoms with Crippen molar-refractivity contribution in [3.05, 3.63) is 65.7 Å². The summed E-state index contributed by atoms with van der Waals surface area (Å²) in [6.07, 6.45) is 1.77. The summed E-state index contributed by atoms with van der Waals surface area (Å²) in [5.74, 6) is 0.250. The Morgan fingerprint density at radius 1 is 1.05 bits per heavy atom. The predicted molar refractivity (Wildman–Crippen MR) is 87.0 cm³/mol. The van der Waals surface area contributed by atoms with E-state index in [0.29, 0.717) is 0 Å². The van der Waals surface area contributed by atoms with Gasteiger partial charge in [-0.3, -0.25) is 4.99 Å². The zero-order valence-electron chi connectivity index (χ0n) is 12.2. The number of nitrogens with zero attached hydrogens (tertiary/aromatic N) is 2. The molecular weight excluding hydrogens is 260 g/mol. The maximum atomic E-state index is 10.3. The van der Waals surface area contributed by atoms with Crippen LogP contribution in [0.15, 0.2) is 59.6 Å². The number of benzene rings is 2. The van der Waals surface area contributed by atoms with E-state index in [1.54, 1.807) is 10.8 Å². The summed E-state index contributed by atoms with van der Waals surface area (Å²) in [5, 5.41) is 11.3. The molecule has 3 nitrogen and oxygen atoms in total. The smallest absolute Gasteiger partial charge is 0.200 e. The highest BCUT2D eigenvalue weighted by Gasteiger charge is 2.12. The van der Waals surface area contributed by atoms with E-state index in [4.69, 9.17) is 0 Å². The van der Waals surface area contributed by atoms with Crippen LogP contribution in [0.1, 0.15) is 24.1 Å². The first kappa shape index (κ1) is 13.4. The second-order valence-electron chi connectivity index (χ2n) is 5.18. The lowest BCUT2D eigenvalue weighted by atomic mass is 10.1. The van der Waals surface area contributed by atoms with Crippen LogP contribution in [0.3, 0.4) is 0 Å². The molecule has 3 heteroatoms. The molecule has 2 aromatic carbocycles. The van der Waals surface area contributed by atoms with E-state index in [1.807, 2.05) is 56.4 Å². The quantitative estimate of drug-likeness (QED) is 0.721. The van der Waals surface area contributed by atoms with Crippen molar-refractivity contribution < 1.29 is 5.11 Å². The number of rotatable bonds is 3. The molecule has 0 aliphatic heterocycles. The molecule has 1 aromatic heterocycles. The van der Waals surface area contributed by atoms with Gasteiger partial charge in [-0.05, 0) is 18.6 Å². The van der Waals surface area contributed by atoms with Crippen LogP contribution in [0, 0.1) is 0 Å². The molecule has 0 amide bonds. The maximum Gasteiger partial charge on any atom is 0.200 e. The first-order valence-electron chi connectivity index (χ1n) is 7.03. The lowest BCUT2D eigenvalue weighted by Crippen LogP contribution is -1.91. The molecule has 0 saturated carbocycles. The third-order valence-electron chi connectivity index (χ3n) is 3.82. The van der Waals surface area contributed by atoms with Crippen LogP contribution in [-0.4, -0.2) is 15.9 Å². The average Bonchev–Trinajstić information content (AvgIpc) is 2.78. The minimum atomic E-state index is 0.0598. The Hall–Kier alpha value is -2.55. The molecule has 3 aromatic rings. The van der Waals surface area contributed by atoms with Crippen molar-refractivity contribution in [3.63, 3.8) is 0 Å². The number of aromatic hydroxyl groups is 1. The maximum absolute atomic E-state index is 10.3. The van der Waals surface area contributed by atoms with Gasteiger partial charge >= 0.3 is 0 Å². The van der Waals surface area contributed by atoms with Gasteiger partial charge in [-0.25, -0.2) is 0 Å². The van der Waals surface area contributed by atoms with E-state index >= 15 is 0 Å². The third kappa shape index (κ3) is 2.42. The minimum absolute atomic E-state index is 0.0598. The van der Waals surface area contributed by atoms with Gasteiger partial charge in [0, 0.05) is 18.6 Å². The van der Waals surface area contributed by atoms with Crippen molar-refractivity contribution in [1.29, 1.82) is 0 Å². The Kier molecular flexibility index (Phi) is 3.48. The van der Waals surface area contributed by atoms with Gasteiger partial charge in [-0.15, -0.1) is 0 Å². The van der Waals surface area contributed by atoms with E-state index in [0.717, 1.165) is 22.0 Å². The number of aromatic nitrogens is 1. The monoisotopic (exact) mass is 278 g/mol. The van der Waals surface area contributed by atoms with Crippen molar-refractivity contribution in [2.45, 2.75) is 13.0 Å². The van der Waals surface area contributed by atoms with Crippen molar-refractivity contribution >= 4 is 17.1 Å². The van der Waals surface area contributed by atoms with E-state index in [2.05, 4.69) is 17.1 Å². The van der Waals surface area contributed by atoms with Crippen molar-refractivity contribution in [1.82, 2.24) is 4.57 Å². The molecule has 1 N–H and O–H groups in total. The predicted octanol–water partition coefficient (Wildman–Crippen LogP) is 4.06. The summed E-state index contributed by atoms with van der Waals surface area (Å²) in [7, 11) is 1.86. The highest BCUT2D eigenvalue weighted by molar-refractivity contribution is 6.02. The van der Waals surface area contributed by atoms with Gasteiger partial charge in [0.2, 0.25) is 5.88 Å². The fourth-order valence-corrected chi connectivity index (χ4v) is 2.54. The third-order valence-corrected chi connectivity index (χ3v) is 3.82. The van der Waals surface area contributed by atoms with Gasteiger partial charge < -0.3 is 9.67 Å². The van der Waals surface area contributed by atoms with Crippen LogP contribution >= 0.6 is 0 Å². The van der Waals surface area contributed by atoms with Crippen LogP contribution in [0.4, 0.5) is 0 Å². The summed E-state index contributed by atoms with van der Waals surface area (Å²) in [4.78, 5) is 4.59. The first-order valence-corrected chi connectivity index (χ1v) is 7.03. The number of aryl methyl sites for hydroxylation is 1. The molecular formula is C18H18N2O. The van der Waals surface area contributed by atoms with E-state index < -0.39 is 0 Å². The van der Waals surface area contributed by atoms with E-state index in [-0.39, 0.29) is 11.9 Å².